The van der Waals surface area contributed by atoms with Crippen LogP contribution in [0.4, 0.5) is 0 Å². The van der Waals surface area contributed by atoms with Gasteiger partial charge in [0.2, 0.25) is 0 Å². The molecule has 0 aromatic carbocycles. The first-order valence-corrected chi connectivity index (χ1v) is 5.31. The number of rotatable bonds is 5. The molecule has 0 unspecified atom stereocenters. The van der Waals surface area contributed by atoms with E-state index in [0.29, 0.717) is 0 Å². The Morgan fingerprint density at radius 1 is 1.73 bits per heavy atom. The van der Waals surface area contributed by atoms with Gasteiger partial charge in [0, 0.05) is 23.1 Å². The van der Waals surface area contributed by atoms with E-state index in [-0.39, 0.29) is 0 Å². The number of halogens is 1. The molecule has 0 aromatic rings. The van der Waals surface area contributed by atoms with Crippen molar-refractivity contribution in [3.05, 3.63) is 11.1 Å². The van der Waals surface area contributed by atoms with E-state index in [4.69, 9.17) is 0 Å². The molecule has 0 radical (unpaired) electrons. The van der Waals surface area contributed by atoms with Crippen LogP contribution in [0, 0.1) is 0 Å². The summed E-state index contributed by atoms with van der Waals surface area (Å²) in [5, 5.41) is 0. The number of nitrogens with zero attached hydrogens (tertiary/aromatic N) is 2. The van der Waals surface area contributed by atoms with E-state index in [9.17, 15) is 0 Å². The Morgan fingerprint density at radius 2 is 2.45 bits per heavy atom. The van der Waals surface area contributed by atoms with Crippen molar-refractivity contribution in [2.75, 3.05) is 0 Å². The third-order valence-corrected chi connectivity index (χ3v) is 2.35. The zero-order chi connectivity index (χ0) is 8.53. The monoisotopic (exact) mass is 282 g/mol. The summed E-state index contributed by atoms with van der Waals surface area (Å²) in [6.07, 6.45) is 3.90. The van der Waals surface area contributed by atoms with Crippen LogP contribution in [0.3, 0.4) is 0 Å². The first-order chi connectivity index (χ1) is 5.35. The fourth-order valence-electron chi connectivity index (χ4n) is 0.570. The smallest absolute Gasteiger partial charge is 0.0738 e. The highest BCUT2D eigenvalue weighted by Gasteiger charge is 1.93. The van der Waals surface area contributed by atoms with Crippen molar-refractivity contribution in [3.8, 4) is 0 Å². The average molecular weight is 282 g/mol. The lowest BCUT2D eigenvalue weighted by Gasteiger charge is -1.96. The van der Waals surface area contributed by atoms with Gasteiger partial charge in [-0.2, -0.15) is 0 Å². The summed E-state index contributed by atoms with van der Waals surface area (Å²) in [6.45, 7) is 5.53. The maximum atomic E-state index is 4.03. The fraction of sp³-hybridized carbons (Fsp3) is 0.429. The SMILES string of the molecule is C=N/C=C(/CCC)S/N=C/I. The largest absolute Gasteiger partial charge is 0.272 e. The van der Waals surface area contributed by atoms with Crippen LogP contribution in [0.1, 0.15) is 19.8 Å². The second kappa shape index (κ2) is 8.26. The second-order valence-corrected chi connectivity index (χ2v) is 3.30. The van der Waals surface area contributed by atoms with Crippen molar-refractivity contribution in [1.82, 2.24) is 0 Å². The molecule has 0 bridgehead atoms. The Hall–Kier alpha value is 0.160. The maximum Gasteiger partial charge on any atom is 0.0738 e. The van der Waals surface area contributed by atoms with Gasteiger partial charge in [-0.15, -0.1) is 0 Å². The molecule has 0 saturated carbocycles. The molecular formula is C7H11IN2S. The van der Waals surface area contributed by atoms with Crippen LogP contribution in [0.5, 0.6) is 0 Å². The van der Waals surface area contributed by atoms with Crippen molar-refractivity contribution in [3.63, 3.8) is 0 Å². The average Bonchev–Trinajstić information content (AvgIpc) is 2.01. The predicted molar refractivity (Wildman–Crippen MR) is 62.6 cm³/mol. The van der Waals surface area contributed by atoms with Crippen molar-refractivity contribution < 1.29 is 0 Å². The van der Waals surface area contributed by atoms with Gasteiger partial charge in [0.15, 0.2) is 0 Å². The molecule has 0 atom stereocenters. The highest BCUT2D eigenvalue weighted by molar-refractivity contribution is 14.1. The third kappa shape index (κ3) is 6.55. The first kappa shape index (κ1) is 11.2. The molecule has 0 amide bonds. The van der Waals surface area contributed by atoms with Crippen LogP contribution in [0.25, 0.3) is 0 Å². The molecule has 0 spiro atoms. The summed E-state index contributed by atoms with van der Waals surface area (Å²) in [7, 11) is 0. The Balaban J connectivity index is 3.88. The predicted octanol–water partition coefficient (Wildman–Crippen LogP) is 3.44. The number of hydrogen-bond donors (Lipinski definition) is 0. The van der Waals surface area contributed by atoms with Gasteiger partial charge in [-0.25, -0.2) is 4.40 Å². The van der Waals surface area contributed by atoms with Gasteiger partial charge in [0.05, 0.1) is 4.22 Å². The van der Waals surface area contributed by atoms with E-state index in [1.54, 1.807) is 10.4 Å². The molecule has 0 aromatic heterocycles. The normalized spacial score (nSPS) is 12.4. The summed E-state index contributed by atoms with van der Waals surface area (Å²) in [5.74, 6) is 0. The number of allylic oxidation sites excluding steroid dienone is 1. The summed E-state index contributed by atoms with van der Waals surface area (Å²) >= 11 is 3.55. The van der Waals surface area contributed by atoms with Crippen molar-refractivity contribution in [2.45, 2.75) is 19.8 Å². The lowest BCUT2D eigenvalue weighted by atomic mass is 10.3. The van der Waals surface area contributed by atoms with E-state index < -0.39 is 0 Å². The minimum atomic E-state index is 1.03. The van der Waals surface area contributed by atoms with Crippen LogP contribution in [-0.2, 0) is 0 Å². The summed E-state index contributed by atoms with van der Waals surface area (Å²) in [6, 6.07) is 0. The van der Waals surface area contributed by atoms with Crippen LogP contribution < -0.4 is 0 Å². The standard InChI is InChI=1S/C7H11IN2S/c1-3-4-7(5-9-2)11-10-6-8/h5-6H,2-4H2,1H3/b7-5-,10-6+. The molecule has 0 aliphatic rings. The molecule has 11 heavy (non-hydrogen) atoms. The molecule has 4 heteroatoms. The maximum absolute atomic E-state index is 4.03. The van der Waals surface area contributed by atoms with E-state index in [1.807, 2.05) is 0 Å². The quantitative estimate of drug-likeness (QED) is 0.430. The lowest BCUT2D eigenvalue weighted by Crippen LogP contribution is -1.73. The van der Waals surface area contributed by atoms with Crippen molar-refractivity contribution in [1.29, 1.82) is 0 Å². The van der Waals surface area contributed by atoms with E-state index in [0.717, 1.165) is 17.7 Å². The molecule has 62 valence electrons. The zero-order valence-corrected chi connectivity index (χ0v) is 9.43. The van der Waals surface area contributed by atoms with Crippen molar-refractivity contribution >= 4 is 45.5 Å². The molecule has 2 nitrogen and oxygen atoms in total. The molecule has 0 heterocycles. The first-order valence-electron chi connectivity index (χ1n) is 3.29. The van der Waals surface area contributed by atoms with Crippen LogP contribution in [-0.4, -0.2) is 10.9 Å². The third-order valence-electron chi connectivity index (χ3n) is 0.941. The van der Waals surface area contributed by atoms with Gasteiger partial charge in [0.25, 0.3) is 0 Å². The summed E-state index contributed by atoms with van der Waals surface area (Å²) in [4.78, 5) is 4.86. The van der Waals surface area contributed by atoms with Gasteiger partial charge >= 0.3 is 0 Å². The highest BCUT2D eigenvalue weighted by Crippen LogP contribution is 2.21. The Bertz CT molecular complexity index is 166. The second-order valence-electron chi connectivity index (χ2n) is 1.82. The molecule has 0 rings (SSSR count). The Labute approximate surface area is 85.6 Å². The van der Waals surface area contributed by atoms with Gasteiger partial charge in [-0.1, -0.05) is 13.3 Å². The van der Waals surface area contributed by atoms with Crippen LogP contribution in [0.15, 0.2) is 20.5 Å². The van der Waals surface area contributed by atoms with Crippen molar-refractivity contribution in [2.24, 2.45) is 9.39 Å². The number of aliphatic imine (C=N–C) groups is 1. The van der Waals surface area contributed by atoms with E-state index in [2.05, 4.69) is 45.6 Å². The fourth-order valence-corrected chi connectivity index (χ4v) is 1.50. The zero-order valence-electron chi connectivity index (χ0n) is 6.46. The van der Waals surface area contributed by atoms with Gasteiger partial charge in [0.1, 0.15) is 0 Å². The molecule has 0 fully saturated rings. The van der Waals surface area contributed by atoms with Gasteiger partial charge < -0.3 is 0 Å². The highest BCUT2D eigenvalue weighted by atomic mass is 127. The summed E-state index contributed by atoms with van der Waals surface area (Å²) in [5.41, 5.74) is 0. The van der Waals surface area contributed by atoms with Gasteiger partial charge in [-0.3, -0.25) is 4.99 Å². The van der Waals surface area contributed by atoms with Crippen LogP contribution in [0.2, 0.25) is 0 Å². The molecular weight excluding hydrogens is 271 g/mol. The summed E-state index contributed by atoms with van der Waals surface area (Å²) < 4.78 is 5.78. The van der Waals surface area contributed by atoms with E-state index in [1.165, 1.54) is 11.9 Å². The molecule has 0 aliphatic heterocycles. The lowest BCUT2D eigenvalue weighted by molar-refractivity contribution is 0.944. The minimum Gasteiger partial charge on any atom is -0.272 e. The van der Waals surface area contributed by atoms with Gasteiger partial charge in [-0.05, 0) is 35.7 Å². The van der Waals surface area contributed by atoms with Crippen LogP contribution >= 0.6 is 34.5 Å². The minimum absolute atomic E-state index is 1.03. The van der Waals surface area contributed by atoms with E-state index >= 15 is 0 Å². The number of hydrogen-bond acceptors (Lipinski definition) is 3. The molecule has 0 N–H and O–H groups in total. The Kier molecular flexibility index (Phi) is 8.38. The topological polar surface area (TPSA) is 24.7 Å². The molecule has 0 aliphatic carbocycles. The Morgan fingerprint density at radius 3 is 2.91 bits per heavy atom. The molecule has 0 saturated heterocycles.